The first-order chi connectivity index (χ1) is 8.24. The van der Waals surface area contributed by atoms with Gasteiger partial charge in [-0.1, -0.05) is 56.2 Å². The summed E-state index contributed by atoms with van der Waals surface area (Å²) in [5, 5.41) is 2.65. The van der Waals surface area contributed by atoms with Crippen LogP contribution in [0.5, 0.6) is 0 Å². The maximum atomic E-state index is 6.30. The molecule has 0 radical (unpaired) electrons. The van der Waals surface area contributed by atoms with E-state index in [9.17, 15) is 0 Å². The lowest BCUT2D eigenvalue weighted by molar-refractivity contribution is 0.606. The van der Waals surface area contributed by atoms with Crippen LogP contribution in [0.3, 0.4) is 0 Å². The predicted molar refractivity (Wildman–Crippen MR) is 75.1 cm³/mol. The topological polar surface area (TPSA) is 26.0 Å². The molecular weight excluding hydrogens is 206 g/mol. The third-order valence-corrected chi connectivity index (χ3v) is 3.44. The summed E-state index contributed by atoms with van der Waals surface area (Å²) in [6, 6.07) is 13.1. The van der Waals surface area contributed by atoms with Crippen LogP contribution in [0.2, 0.25) is 0 Å². The summed E-state index contributed by atoms with van der Waals surface area (Å²) in [5.41, 5.74) is 8.91. The van der Waals surface area contributed by atoms with Gasteiger partial charge in [-0.2, -0.15) is 0 Å². The van der Waals surface area contributed by atoms with Crippen LogP contribution in [0, 0.1) is 6.92 Å². The molecule has 2 aromatic rings. The number of hydrogen-bond acceptors (Lipinski definition) is 1. The third kappa shape index (κ3) is 2.50. The van der Waals surface area contributed by atoms with Crippen molar-refractivity contribution in [3.05, 3.63) is 47.5 Å². The normalized spacial score (nSPS) is 12.9. The minimum absolute atomic E-state index is 0.167. The molecule has 0 aliphatic rings. The van der Waals surface area contributed by atoms with Gasteiger partial charge in [-0.25, -0.2) is 0 Å². The molecule has 1 atom stereocenters. The van der Waals surface area contributed by atoms with Crippen LogP contribution in [0.25, 0.3) is 10.8 Å². The Labute approximate surface area is 104 Å². The molecule has 2 N–H and O–H groups in total. The molecule has 1 heteroatoms. The number of nitrogens with two attached hydrogens (primary N) is 1. The molecule has 0 heterocycles. The van der Waals surface area contributed by atoms with Crippen LogP contribution in [0.4, 0.5) is 0 Å². The maximum Gasteiger partial charge on any atom is 0.0301 e. The SMILES string of the molecule is CCCC[C@H](N)c1ccc(C)c2ccccc12. The van der Waals surface area contributed by atoms with Gasteiger partial charge < -0.3 is 5.73 Å². The van der Waals surface area contributed by atoms with Crippen LogP contribution >= 0.6 is 0 Å². The van der Waals surface area contributed by atoms with Crippen molar-refractivity contribution >= 4 is 10.8 Å². The molecule has 2 aromatic carbocycles. The Morgan fingerprint density at radius 2 is 1.76 bits per heavy atom. The lowest BCUT2D eigenvalue weighted by Gasteiger charge is -2.15. The lowest BCUT2D eigenvalue weighted by atomic mass is 9.94. The molecule has 0 saturated carbocycles. The third-order valence-electron chi connectivity index (χ3n) is 3.44. The second kappa shape index (κ2) is 5.33. The Hall–Kier alpha value is -1.34. The minimum Gasteiger partial charge on any atom is -0.324 e. The summed E-state index contributed by atoms with van der Waals surface area (Å²) in [6.07, 6.45) is 3.48. The Bertz CT molecular complexity index is 502. The summed E-state index contributed by atoms with van der Waals surface area (Å²) in [4.78, 5) is 0. The Morgan fingerprint density at radius 3 is 2.47 bits per heavy atom. The first kappa shape index (κ1) is 12.1. The molecular formula is C16H21N. The van der Waals surface area contributed by atoms with Crippen molar-refractivity contribution in [1.29, 1.82) is 0 Å². The lowest BCUT2D eigenvalue weighted by Crippen LogP contribution is -2.10. The van der Waals surface area contributed by atoms with E-state index in [0.717, 1.165) is 6.42 Å². The van der Waals surface area contributed by atoms with Crippen LogP contribution in [-0.4, -0.2) is 0 Å². The Morgan fingerprint density at radius 1 is 1.06 bits per heavy atom. The zero-order chi connectivity index (χ0) is 12.3. The van der Waals surface area contributed by atoms with Gasteiger partial charge in [-0.15, -0.1) is 0 Å². The number of unbranched alkanes of at least 4 members (excludes halogenated alkanes) is 1. The van der Waals surface area contributed by atoms with Crippen molar-refractivity contribution < 1.29 is 0 Å². The van der Waals surface area contributed by atoms with E-state index in [4.69, 9.17) is 5.73 Å². The minimum atomic E-state index is 0.167. The van der Waals surface area contributed by atoms with Gasteiger partial charge in [0.2, 0.25) is 0 Å². The fraction of sp³-hybridized carbons (Fsp3) is 0.375. The predicted octanol–water partition coefficient (Wildman–Crippen LogP) is 4.34. The van der Waals surface area contributed by atoms with E-state index in [2.05, 4.69) is 50.2 Å². The van der Waals surface area contributed by atoms with Crippen molar-refractivity contribution in [2.24, 2.45) is 5.73 Å². The summed E-state index contributed by atoms with van der Waals surface area (Å²) in [6.45, 7) is 4.36. The molecule has 0 bridgehead atoms. The number of hydrogen-bond donors (Lipinski definition) is 1. The molecule has 17 heavy (non-hydrogen) atoms. The number of aryl methyl sites for hydroxylation is 1. The highest BCUT2D eigenvalue weighted by Crippen LogP contribution is 2.28. The molecule has 2 rings (SSSR count). The van der Waals surface area contributed by atoms with Crippen LogP contribution < -0.4 is 5.73 Å². The van der Waals surface area contributed by atoms with Gasteiger partial charge in [0.1, 0.15) is 0 Å². The average molecular weight is 227 g/mol. The average Bonchev–Trinajstić information content (AvgIpc) is 2.37. The van der Waals surface area contributed by atoms with E-state index in [1.807, 2.05) is 0 Å². The van der Waals surface area contributed by atoms with E-state index in [1.54, 1.807) is 0 Å². The summed E-state index contributed by atoms with van der Waals surface area (Å²) < 4.78 is 0. The molecule has 0 aliphatic heterocycles. The van der Waals surface area contributed by atoms with E-state index >= 15 is 0 Å². The molecule has 0 saturated heterocycles. The number of benzene rings is 2. The summed E-state index contributed by atoms with van der Waals surface area (Å²) in [5.74, 6) is 0. The van der Waals surface area contributed by atoms with Gasteiger partial charge in [-0.3, -0.25) is 0 Å². The van der Waals surface area contributed by atoms with E-state index < -0.39 is 0 Å². The van der Waals surface area contributed by atoms with Gasteiger partial charge in [0.25, 0.3) is 0 Å². The second-order valence-electron chi connectivity index (χ2n) is 4.77. The van der Waals surface area contributed by atoms with Crippen LogP contribution in [0.1, 0.15) is 43.4 Å². The number of rotatable bonds is 4. The fourth-order valence-electron chi connectivity index (χ4n) is 2.38. The first-order valence-corrected chi connectivity index (χ1v) is 6.48. The van der Waals surface area contributed by atoms with Gasteiger partial charge >= 0.3 is 0 Å². The highest BCUT2D eigenvalue weighted by molar-refractivity contribution is 5.88. The molecule has 0 amide bonds. The quantitative estimate of drug-likeness (QED) is 0.826. The smallest absolute Gasteiger partial charge is 0.0301 e. The Kier molecular flexibility index (Phi) is 3.80. The fourth-order valence-corrected chi connectivity index (χ4v) is 2.38. The van der Waals surface area contributed by atoms with Crippen molar-refractivity contribution in [3.8, 4) is 0 Å². The maximum absolute atomic E-state index is 6.30. The molecule has 1 nitrogen and oxygen atoms in total. The van der Waals surface area contributed by atoms with Crippen molar-refractivity contribution in [2.45, 2.75) is 39.2 Å². The van der Waals surface area contributed by atoms with Gasteiger partial charge in [0, 0.05) is 6.04 Å². The monoisotopic (exact) mass is 227 g/mol. The van der Waals surface area contributed by atoms with Crippen LogP contribution in [-0.2, 0) is 0 Å². The van der Waals surface area contributed by atoms with E-state index in [1.165, 1.54) is 34.7 Å². The van der Waals surface area contributed by atoms with Crippen LogP contribution in [0.15, 0.2) is 36.4 Å². The molecule has 0 spiro atoms. The molecule has 0 aromatic heterocycles. The van der Waals surface area contributed by atoms with E-state index in [-0.39, 0.29) is 6.04 Å². The van der Waals surface area contributed by atoms with Crippen molar-refractivity contribution in [1.82, 2.24) is 0 Å². The molecule has 0 aliphatic carbocycles. The van der Waals surface area contributed by atoms with Gasteiger partial charge in [-0.05, 0) is 35.2 Å². The highest BCUT2D eigenvalue weighted by atomic mass is 14.6. The Balaban J connectivity index is 2.44. The first-order valence-electron chi connectivity index (χ1n) is 6.48. The summed E-state index contributed by atoms with van der Waals surface area (Å²) in [7, 11) is 0. The van der Waals surface area contributed by atoms with Gasteiger partial charge in [0.05, 0.1) is 0 Å². The van der Waals surface area contributed by atoms with Gasteiger partial charge in [0.15, 0.2) is 0 Å². The zero-order valence-corrected chi connectivity index (χ0v) is 10.7. The molecule has 0 unspecified atom stereocenters. The molecule has 90 valence electrons. The second-order valence-corrected chi connectivity index (χ2v) is 4.77. The van der Waals surface area contributed by atoms with E-state index in [0.29, 0.717) is 0 Å². The highest BCUT2D eigenvalue weighted by Gasteiger charge is 2.10. The largest absolute Gasteiger partial charge is 0.324 e. The number of fused-ring (bicyclic) bond motifs is 1. The molecule has 0 fully saturated rings. The standard InChI is InChI=1S/C16H21N/c1-3-4-9-16(17)15-11-10-12(2)13-7-5-6-8-14(13)15/h5-8,10-11,16H,3-4,9,17H2,1-2H3/t16-/m0/s1. The zero-order valence-electron chi connectivity index (χ0n) is 10.7. The van der Waals surface area contributed by atoms with Crippen molar-refractivity contribution in [2.75, 3.05) is 0 Å². The summed E-state index contributed by atoms with van der Waals surface area (Å²) >= 11 is 0. The van der Waals surface area contributed by atoms with Crippen molar-refractivity contribution in [3.63, 3.8) is 0 Å².